The number of benzene rings is 1. The molecular formula is C13H14ClNO4. The fourth-order valence-electron chi connectivity index (χ4n) is 1.97. The molecule has 0 saturated carbocycles. The van der Waals surface area contributed by atoms with E-state index in [2.05, 4.69) is 0 Å². The first kappa shape index (κ1) is 13.8. The van der Waals surface area contributed by atoms with E-state index in [0.29, 0.717) is 23.7 Å². The van der Waals surface area contributed by atoms with Crippen LogP contribution in [0, 0.1) is 0 Å². The molecule has 0 radical (unpaired) electrons. The average Bonchev–Trinajstić information content (AvgIpc) is 2.45. The van der Waals surface area contributed by atoms with Crippen molar-refractivity contribution in [1.29, 1.82) is 0 Å². The summed E-state index contributed by atoms with van der Waals surface area (Å²) in [5.74, 6) is -0.726. The number of methoxy groups -OCH3 is 1. The van der Waals surface area contributed by atoms with Gasteiger partial charge in [-0.1, -0.05) is 17.7 Å². The molecule has 1 aliphatic rings. The van der Waals surface area contributed by atoms with E-state index in [-0.39, 0.29) is 12.5 Å². The predicted molar refractivity (Wildman–Crippen MR) is 69.1 cm³/mol. The molecule has 1 aliphatic heterocycles. The van der Waals surface area contributed by atoms with Gasteiger partial charge in [-0.05, 0) is 18.2 Å². The Labute approximate surface area is 116 Å². The van der Waals surface area contributed by atoms with Gasteiger partial charge in [0.2, 0.25) is 0 Å². The molecule has 1 aromatic rings. The number of hydrogen-bond donors (Lipinski definition) is 0. The lowest BCUT2D eigenvalue weighted by atomic mass is 10.1. The maximum absolute atomic E-state index is 12.4. The van der Waals surface area contributed by atoms with E-state index in [0.717, 1.165) is 0 Å². The molecule has 1 aromatic carbocycles. The van der Waals surface area contributed by atoms with E-state index in [1.54, 1.807) is 24.3 Å². The number of morpholine rings is 1. The van der Waals surface area contributed by atoms with Gasteiger partial charge in [0.1, 0.15) is 0 Å². The summed E-state index contributed by atoms with van der Waals surface area (Å²) in [7, 11) is 1.29. The van der Waals surface area contributed by atoms with Gasteiger partial charge in [-0.25, -0.2) is 4.79 Å². The Hall–Kier alpha value is -1.59. The monoisotopic (exact) mass is 283 g/mol. The highest BCUT2D eigenvalue weighted by atomic mass is 35.5. The molecule has 102 valence electrons. The standard InChI is InChI=1S/C13H14ClNO4/c1-18-13(17)11-8-19-6-5-15(11)12(16)9-3-2-4-10(14)7-9/h2-4,7,11H,5-6,8H2,1H3. The van der Waals surface area contributed by atoms with Crippen LogP contribution in [0.15, 0.2) is 24.3 Å². The summed E-state index contributed by atoms with van der Waals surface area (Å²) in [6.45, 7) is 0.907. The number of ether oxygens (including phenoxy) is 2. The molecule has 1 amide bonds. The van der Waals surface area contributed by atoms with Crippen LogP contribution in [0.25, 0.3) is 0 Å². The molecule has 6 heteroatoms. The summed E-state index contributed by atoms with van der Waals surface area (Å²) in [4.78, 5) is 25.5. The van der Waals surface area contributed by atoms with Crippen LogP contribution in [0.5, 0.6) is 0 Å². The van der Waals surface area contributed by atoms with E-state index in [1.807, 2.05) is 0 Å². The van der Waals surface area contributed by atoms with Crippen LogP contribution in [-0.4, -0.2) is 49.7 Å². The number of carbonyl (C=O) groups is 2. The van der Waals surface area contributed by atoms with Crippen molar-refractivity contribution in [3.63, 3.8) is 0 Å². The Morgan fingerprint density at radius 3 is 2.95 bits per heavy atom. The highest BCUT2D eigenvalue weighted by Crippen LogP contribution is 2.16. The van der Waals surface area contributed by atoms with Crippen LogP contribution in [-0.2, 0) is 14.3 Å². The van der Waals surface area contributed by atoms with Gasteiger partial charge in [-0.3, -0.25) is 4.79 Å². The second-order valence-electron chi connectivity index (χ2n) is 4.12. The van der Waals surface area contributed by atoms with Crippen molar-refractivity contribution in [1.82, 2.24) is 4.90 Å². The van der Waals surface area contributed by atoms with Gasteiger partial charge >= 0.3 is 5.97 Å². The predicted octanol–water partition coefficient (Wildman–Crippen LogP) is 1.35. The van der Waals surface area contributed by atoms with Gasteiger partial charge < -0.3 is 14.4 Å². The Balaban J connectivity index is 2.22. The third-order valence-electron chi connectivity index (χ3n) is 2.93. The zero-order valence-electron chi connectivity index (χ0n) is 10.5. The fraction of sp³-hybridized carbons (Fsp3) is 0.385. The molecule has 1 atom stereocenters. The van der Waals surface area contributed by atoms with E-state index in [9.17, 15) is 9.59 Å². The van der Waals surface area contributed by atoms with Gasteiger partial charge in [0, 0.05) is 17.1 Å². The minimum absolute atomic E-state index is 0.152. The third-order valence-corrected chi connectivity index (χ3v) is 3.17. The first-order valence-corrected chi connectivity index (χ1v) is 6.23. The van der Waals surface area contributed by atoms with Gasteiger partial charge in [0.15, 0.2) is 6.04 Å². The minimum Gasteiger partial charge on any atom is -0.467 e. The van der Waals surface area contributed by atoms with Crippen LogP contribution < -0.4 is 0 Å². The molecule has 1 heterocycles. The fourth-order valence-corrected chi connectivity index (χ4v) is 2.16. The summed E-state index contributed by atoms with van der Waals surface area (Å²) < 4.78 is 9.92. The second kappa shape index (κ2) is 6.04. The Morgan fingerprint density at radius 2 is 2.26 bits per heavy atom. The SMILES string of the molecule is COC(=O)C1COCCN1C(=O)c1cccc(Cl)c1. The number of rotatable bonds is 2. The first-order valence-electron chi connectivity index (χ1n) is 5.85. The minimum atomic E-state index is -0.703. The lowest BCUT2D eigenvalue weighted by Crippen LogP contribution is -2.53. The average molecular weight is 284 g/mol. The topological polar surface area (TPSA) is 55.8 Å². The quantitative estimate of drug-likeness (QED) is 0.769. The van der Waals surface area contributed by atoms with Crippen molar-refractivity contribution in [2.75, 3.05) is 26.9 Å². The number of halogens is 1. The van der Waals surface area contributed by atoms with Crippen molar-refractivity contribution in [2.24, 2.45) is 0 Å². The molecule has 19 heavy (non-hydrogen) atoms. The van der Waals surface area contributed by atoms with Gasteiger partial charge in [-0.15, -0.1) is 0 Å². The highest BCUT2D eigenvalue weighted by molar-refractivity contribution is 6.31. The van der Waals surface area contributed by atoms with Gasteiger partial charge in [0.25, 0.3) is 5.91 Å². The van der Waals surface area contributed by atoms with Crippen molar-refractivity contribution >= 4 is 23.5 Å². The molecule has 0 N–H and O–H groups in total. The van der Waals surface area contributed by atoms with Crippen LogP contribution in [0.4, 0.5) is 0 Å². The number of nitrogens with zero attached hydrogens (tertiary/aromatic N) is 1. The van der Waals surface area contributed by atoms with Crippen LogP contribution in [0.3, 0.4) is 0 Å². The van der Waals surface area contributed by atoms with E-state index in [4.69, 9.17) is 21.1 Å². The normalized spacial score (nSPS) is 19.1. The molecule has 2 rings (SSSR count). The summed E-state index contributed by atoms with van der Waals surface area (Å²) >= 11 is 5.87. The van der Waals surface area contributed by atoms with Crippen LogP contribution >= 0.6 is 11.6 Å². The Bertz CT molecular complexity index is 491. The smallest absolute Gasteiger partial charge is 0.331 e. The molecule has 0 aromatic heterocycles. The van der Waals surface area contributed by atoms with Crippen molar-refractivity contribution in [2.45, 2.75) is 6.04 Å². The summed E-state index contributed by atoms with van der Waals surface area (Å²) in [6.07, 6.45) is 0. The van der Waals surface area contributed by atoms with Crippen LogP contribution in [0.1, 0.15) is 10.4 Å². The molecule has 0 bridgehead atoms. The Kier molecular flexibility index (Phi) is 4.39. The van der Waals surface area contributed by atoms with Crippen LogP contribution in [0.2, 0.25) is 5.02 Å². The molecule has 0 spiro atoms. The first-order chi connectivity index (χ1) is 9.13. The zero-order chi connectivity index (χ0) is 13.8. The molecule has 1 fully saturated rings. The van der Waals surface area contributed by atoms with E-state index >= 15 is 0 Å². The number of carbonyl (C=O) groups excluding carboxylic acids is 2. The largest absolute Gasteiger partial charge is 0.467 e. The van der Waals surface area contributed by atoms with E-state index in [1.165, 1.54) is 12.0 Å². The maximum atomic E-state index is 12.4. The number of amides is 1. The summed E-state index contributed by atoms with van der Waals surface area (Å²) in [6, 6.07) is 5.93. The zero-order valence-corrected chi connectivity index (χ0v) is 11.2. The summed E-state index contributed by atoms with van der Waals surface area (Å²) in [5, 5.41) is 0.480. The van der Waals surface area contributed by atoms with Gasteiger partial charge in [-0.2, -0.15) is 0 Å². The lowest BCUT2D eigenvalue weighted by Gasteiger charge is -2.33. The molecule has 1 saturated heterocycles. The van der Waals surface area contributed by atoms with Crippen molar-refractivity contribution < 1.29 is 19.1 Å². The lowest BCUT2D eigenvalue weighted by molar-refractivity contribution is -0.151. The summed E-state index contributed by atoms with van der Waals surface area (Å²) in [5.41, 5.74) is 0.448. The van der Waals surface area contributed by atoms with Crippen molar-refractivity contribution in [3.05, 3.63) is 34.9 Å². The third kappa shape index (κ3) is 3.05. The molecule has 0 aliphatic carbocycles. The number of esters is 1. The number of hydrogen-bond acceptors (Lipinski definition) is 4. The maximum Gasteiger partial charge on any atom is 0.331 e. The van der Waals surface area contributed by atoms with E-state index < -0.39 is 12.0 Å². The van der Waals surface area contributed by atoms with Gasteiger partial charge in [0.05, 0.1) is 20.3 Å². The van der Waals surface area contributed by atoms with Crippen molar-refractivity contribution in [3.8, 4) is 0 Å². The Morgan fingerprint density at radius 1 is 1.47 bits per heavy atom. The second-order valence-corrected chi connectivity index (χ2v) is 4.56. The molecular weight excluding hydrogens is 270 g/mol. The molecule has 1 unspecified atom stereocenters. The highest BCUT2D eigenvalue weighted by Gasteiger charge is 2.34. The molecule has 5 nitrogen and oxygen atoms in total.